The number of carboxylic acids is 1. The second kappa shape index (κ2) is 6.65. The molecule has 0 amide bonds. The molecule has 2 aromatic heterocycles. The van der Waals surface area contributed by atoms with Crippen molar-refractivity contribution in [2.24, 2.45) is 0 Å². The number of fused-ring (bicyclic) bond motifs is 1. The third kappa shape index (κ3) is 3.07. The van der Waals surface area contributed by atoms with Crippen molar-refractivity contribution in [3.8, 4) is 11.3 Å². The molecule has 2 aromatic carbocycles. The Labute approximate surface area is 155 Å². The Morgan fingerprint density at radius 2 is 1.85 bits per heavy atom. The van der Waals surface area contributed by atoms with Gasteiger partial charge in [-0.1, -0.05) is 54.1 Å². The molecule has 0 aliphatic carbocycles. The van der Waals surface area contributed by atoms with Crippen molar-refractivity contribution < 1.29 is 9.90 Å². The first-order chi connectivity index (χ1) is 12.6. The molecule has 2 heterocycles. The van der Waals surface area contributed by atoms with Crippen LogP contribution in [0, 0.1) is 0 Å². The van der Waals surface area contributed by atoms with E-state index >= 15 is 0 Å². The maximum atomic E-state index is 11.2. The predicted molar refractivity (Wildman–Crippen MR) is 103 cm³/mol. The van der Waals surface area contributed by atoms with Crippen LogP contribution in [-0.4, -0.2) is 21.0 Å². The van der Waals surface area contributed by atoms with Crippen molar-refractivity contribution in [2.45, 2.75) is 6.42 Å². The Morgan fingerprint density at radius 1 is 1.04 bits per heavy atom. The lowest BCUT2D eigenvalue weighted by molar-refractivity contribution is 0.0690. The number of aromatic amines is 1. The van der Waals surface area contributed by atoms with Crippen molar-refractivity contribution in [3.05, 3.63) is 88.7 Å². The van der Waals surface area contributed by atoms with Gasteiger partial charge in [0.05, 0.1) is 5.69 Å². The van der Waals surface area contributed by atoms with Crippen molar-refractivity contribution in [1.82, 2.24) is 9.97 Å². The third-order valence-electron chi connectivity index (χ3n) is 4.31. The van der Waals surface area contributed by atoms with Gasteiger partial charge in [-0.15, -0.1) is 0 Å². The van der Waals surface area contributed by atoms with Crippen LogP contribution in [0.5, 0.6) is 0 Å². The van der Waals surface area contributed by atoms with E-state index in [-0.39, 0.29) is 5.69 Å². The lowest BCUT2D eigenvalue weighted by Crippen LogP contribution is -2.03. The average molecular weight is 363 g/mol. The maximum Gasteiger partial charge on any atom is 0.354 e. The number of nitrogens with one attached hydrogen (secondary N) is 1. The van der Waals surface area contributed by atoms with Gasteiger partial charge in [-0.05, 0) is 35.4 Å². The molecule has 0 atom stereocenters. The number of H-pyrrole nitrogens is 1. The number of carboxylic acid groups (broad SMARTS) is 1. The van der Waals surface area contributed by atoms with E-state index in [2.05, 4.69) is 9.97 Å². The first-order valence-electron chi connectivity index (χ1n) is 8.16. The molecule has 0 fully saturated rings. The fraction of sp³-hybridized carbons (Fsp3) is 0.0476. The van der Waals surface area contributed by atoms with Gasteiger partial charge in [0.15, 0.2) is 0 Å². The zero-order valence-electron chi connectivity index (χ0n) is 13.7. The van der Waals surface area contributed by atoms with E-state index in [1.165, 1.54) is 6.07 Å². The van der Waals surface area contributed by atoms with Crippen molar-refractivity contribution in [1.29, 1.82) is 0 Å². The number of nitrogens with zero attached hydrogens (tertiary/aromatic N) is 1. The first-order valence-corrected chi connectivity index (χ1v) is 8.54. The summed E-state index contributed by atoms with van der Waals surface area (Å²) in [5.41, 5.74) is 4.82. The van der Waals surface area contributed by atoms with Gasteiger partial charge >= 0.3 is 5.97 Å². The summed E-state index contributed by atoms with van der Waals surface area (Å²) in [5.74, 6) is -1.03. The molecule has 2 N–H and O–H groups in total. The lowest BCUT2D eigenvalue weighted by Gasteiger charge is -2.06. The van der Waals surface area contributed by atoms with E-state index in [4.69, 9.17) is 11.6 Å². The molecule has 0 aliphatic rings. The number of hydrogen-bond donors (Lipinski definition) is 2. The van der Waals surface area contributed by atoms with E-state index in [0.717, 1.165) is 27.7 Å². The van der Waals surface area contributed by atoms with E-state index in [0.29, 0.717) is 17.1 Å². The minimum absolute atomic E-state index is 0.0478. The number of benzene rings is 2. The zero-order chi connectivity index (χ0) is 18.1. The SMILES string of the molecule is O=C(O)c1cccc(Cc2c(-c3ccccc3)[nH]c3cc(Cl)ccc23)n1. The highest BCUT2D eigenvalue weighted by Gasteiger charge is 2.15. The van der Waals surface area contributed by atoms with Crippen LogP contribution in [0.25, 0.3) is 22.2 Å². The molecule has 0 bridgehead atoms. The molecular formula is C21H15ClN2O2. The highest BCUT2D eigenvalue weighted by molar-refractivity contribution is 6.31. The minimum atomic E-state index is -1.03. The van der Waals surface area contributed by atoms with Crippen molar-refractivity contribution >= 4 is 28.5 Å². The van der Waals surface area contributed by atoms with Crippen molar-refractivity contribution in [3.63, 3.8) is 0 Å². The Hall–Kier alpha value is -3.11. The largest absolute Gasteiger partial charge is 0.477 e. The number of aromatic nitrogens is 2. The van der Waals surface area contributed by atoms with Gasteiger partial charge in [-0.3, -0.25) is 0 Å². The molecule has 0 radical (unpaired) electrons. The van der Waals surface area contributed by atoms with Crippen LogP contribution in [0.4, 0.5) is 0 Å². The molecule has 0 saturated carbocycles. The molecule has 5 heteroatoms. The van der Waals surface area contributed by atoms with E-state index in [9.17, 15) is 9.90 Å². The van der Waals surface area contributed by atoms with E-state index < -0.39 is 5.97 Å². The van der Waals surface area contributed by atoms with E-state index in [1.54, 1.807) is 6.07 Å². The molecule has 4 rings (SSSR count). The highest BCUT2D eigenvalue weighted by Crippen LogP contribution is 2.33. The van der Waals surface area contributed by atoms with Crippen LogP contribution in [0.3, 0.4) is 0 Å². The second-order valence-electron chi connectivity index (χ2n) is 6.03. The van der Waals surface area contributed by atoms with Gasteiger partial charge in [0.25, 0.3) is 0 Å². The lowest BCUT2D eigenvalue weighted by atomic mass is 10.0. The van der Waals surface area contributed by atoms with Crippen LogP contribution >= 0.6 is 11.6 Å². The molecule has 0 spiro atoms. The normalized spacial score (nSPS) is 11.0. The van der Waals surface area contributed by atoms with Gasteiger partial charge in [0.1, 0.15) is 5.69 Å². The summed E-state index contributed by atoms with van der Waals surface area (Å²) in [6.45, 7) is 0. The number of pyridine rings is 1. The average Bonchev–Trinajstić information content (AvgIpc) is 3.00. The standard InChI is InChI=1S/C21H15ClN2O2/c22-14-9-10-16-17(12-15-7-4-8-18(23-15)21(25)26)20(24-19(16)11-14)13-5-2-1-3-6-13/h1-11,24H,12H2,(H,25,26). The van der Waals surface area contributed by atoms with Gasteiger partial charge in [0.2, 0.25) is 0 Å². The Kier molecular flexibility index (Phi) is 4.19. The molecule has 4 nitrogen and oxygen atoms in total. The summed E-state index contributed by atoms with van der Waals surface area (Å²) in [7, 11) is 0. The predicted octanol–water partition coefficient (Wildman–Crippen LogP) is 5.17. The summed E-state index contributed by atoms with van der Waals surface area (Å²) in [5, 5.41) is 10.9. The first kappa shape index (κ1) is 16.4. The zero-order valence-corrected chi connectivity index (χ0v) is 14.5. The number of hydrogen-bond acceptors (Lipinski definition) is 2. The maximum absolute atomic E-state index is 11.2. The summed E-state index contributed by atoms with van der Waals surface area (Å²) in [6, 6.07) is 20.8. The van der Waals surface area contributed by atoms with Crippen molar-refractivity contribution in [2.75, 3.05) is 0 Å². The summed E-state index contributed by atoms with van der Waals surface area (Å²) >= 11 is 6.14. The Morgan fingerprint density at radius 3 is 2.62 bits per heavy atom. The fourth-order valence-electron chi connectivity index (χ4n) is 3.14. The number of rotatable bonds is 4. The quantitative estimate of drug-likeness (QED) is 0.526. The van der Waals surface area contributed by atoms with Crippen LogP contribution in [0.2, 0.25) is 5.02 Å². The van der Waals surface area contributed by atoms with Crippen LogP contribution < -0.4 is 0 Å². The van der Waals surface area contributed by atoms with Gasteiger partial charge in [0, 0.05) is 28.0 Å². The smallest absolute Gasteiger partial charge is 0.354 e. The highest BCUT2D eigenvalue weighted by atomic mass is 35.5. The molecule has 26 heavy (non-hydrogen) atoms. The van der Waals surface area contributed by atoms with Crippen LogP contribution in [0.1, 0.15) is 21.7 Å². The van der Waals surface area contributed by atoms with E-state index in [1.807, 2.05) is 54.6 Å². The Balaban J connectivity index is 1.87. The van der Waals surface area contributed by atoms with Gasteiger partial charge in [-0.25, -0.2) is 9.78 Å². The molecule has 0 aliphatic heterocycles. The van der Waals surface area contributed by atoms with Gasteiger partial charge in [-0.2, -0.15) is 0 Å². The number of aromatic carboxylic acids is 1. The topological polar surface area (TPSA) is 66.0 Å². The third-order valence-corrected chi connectivity index (χ3v) is 4.55. The van der Waals surface area contributed by atoms with Gasteiger partial charge < -0.3 is 10.1 Å². The molecule has 4 aromatic rings. The summed E-state index contributed by atoms with van der Waals surface area (Å²) in [4.78, 5) is 18.9. The van der Waals surface area contributed by atoms with Crippen LogP contribution in [0.15, 0.2) is 66.7 Å². The molecular weight excluding hydrogens is 348 g/mol. The monoisotopic (exact) mass is 362 g/mol. The molecule has 0 unspecified atom stereocenters. The number of carbonyl (C=O) groups is 1. The molecule has 128 valence electrons. The summed E-state index contributed by atoms with van der Waals surface area (Å²) in [6.07, 6.45) is 0.521. The molecule has 0 saturated heterocycles. The number of halogens is 1. The second-order valence-corrected chi connectivity index (χ2v) is 6.47. The minimum Gasteiger partial charge on any atom is -0.477 e. The summed E-state index contributed by atoms with van der Waals surface area (Å²) < 4.78 is 0. The Bertz CT molecular complexity index is 1100. The van der Waals surface area contributed by atoms with Crippen LogP contribution in [-0.2, 0) is 6.42 Å². The fourth-order valence-corrected chi connectivity index (χ4v) is 3.31.